The largest absolute Gasteiger partial charge is 0.379 e. The third-order valence-corrected chi connectivity index (χ3v) is 10.1. The first-order valence-corrected chi connectivity index (χ1v) is 21.3. The molecule has 0 aliphatic carbocycles. The number of carbonyl (C=O) groups is 6. The van der Waals surface area contributed by atoms with E-state index >= 15 is 0 Å². The van der Waals surface area contributed by atoms with Gasteiger partial charge < -0.3 is 53.8 Å². The fourth-order valence-corrected chi connectivity index (χ4v) is 6.16. The van der Waals surface area contributed by atoms with Crippen molar-refractivity contribution < 1.29 is 66.7 Å². The van der Waals surface area contributed by atoms with Crippen LogP contribution in [0.15, 0.2) is 0 Å². The van der Waals surface area contributed by atoms with E-state index in [4.69, 9.17) is 37.9 Å². The predicted octanol–water partition coefficient (Wildman–Crippen LogP) is 0.909. The Morgan fingerprint density at radius 1 is 0.655 bits per heavy atom. The molecule has 58 heavy (non-hydrogen) atoms. The summed E-state index contributed by atoms with van der Waals surface area (Å²) < 4.78 is 43.7. The normalized spacial score (nSPS) is 15.8. The number of amides is 5. The zero-order chi connectivity index (χ0) is 43.0. The van der Waals surface area contributed by atoms with E-state index in [9.17, 15) is 28.8 Å². The number of carbonyl (C=O) groups excluding carboxylic acids is 6. The highest BCUT2D eigenvalue weighted by Crippen LogP contribution is 2.29. The molecule has 336 valence electrons. The lowest BCUT2D eigenvalue weighted by Gasteiger charge is -2.23. The molecule has 1 fully saturated rings. The molecule has 0 aromatic heterocycles. The summed E-state index contributed by atoms with van der Waals surface area (Å²) in [6.45, 7) is 17.3. The van der Waals surface area contributed by atoms with Crippen molar-refractivity contribution in [3.8, 4) is 0 Å². The van der Waals surface area contributed by atoms with Crippen LogP contribution in [0.3, 0.4) is 0 Å². The van der Waals surface area contributed by atoms with Crippen LogP contribution in [0.25, 0.3) is 0 Å². The van der Waals surface area contributed by atoms with Crippen LogP contribution in [-0.4, -0.2) is 182 Å². The van der Waals surface area contributed by atoms with Crippen LogP contribution in [0.2, 0.25) is 0 Å². The molecule has 2 unspecified atom stereocenters. The molecule has 0 aromatic rings. The number of nitrogens with zero attached hydrogens (tertiary/aromatic N) is 1. The van der Waals surface area contributed by atoms with Gasteiger partial charge in [-0.1, -0.05) is 27.7 Å². The van der Waals surface area contributed by atoms with Crippen molar-refractivity contribution in [3.05, 3.63) is 0 Å². The smallest absolute Gasteiger partial charge is 0.243 e. The molecule has 0 saturated carbocycles. The fraction of sp³-hybridized carbons (Fsp3) is 0.846. The Balaban J connectivity index is 1.81. The lowest BCUT2D eigenvalue weighted by atomic mass is 10.0. The quantitative estimate of drug-likeness (QED) is 0.0582. The number of imide groups is 1. The monoisotopic (exact) mass is 850 g/mol. The van der Waals surface area contributed by atoms with Gasteiger partial charge in [-0.2, -0.15) is 0 Å². The number of rotatable bonds is 38. The average Bonchev–Trinajstić information content (AvgIpc) is 3.45. The van der Waals surface area contributed by atoms with Gasteiger partial charge in [0.15, 0.2) is 5.78 Å². The van der Waals surface area contributed by atoms with Gasteiger partial charge >= 0.3 is 0 Å². The lowest BCUT2D eigenvalue weighted by molar-refractivity contribution is -0.138. The Bertz CT molecular complexity index is 1180. The zero-order valence-corrected chi connectivity index (χ0v) is 36.3. The first-order valence-electron chi connectivity index (χ1n) is 20.4. The molecule has 0 bridgehead atoms. The van der Waals surface area contributed by atoms with E-state index in [1.54, 1.807) is 6.92 Å². The second kappa shape index (κ2) is 34.0. The van der Waals surface area contributed by atoms with Crippen molar-refractivity contribution in [1.82, 2.24) is 20.9 Å². The van der Waals surface area contributed by atoms with Crippen molar-refractivity contribution in [1.29, 1.82) is 0 Å². The van der Waals surface area contributed by atoms with Gasteiger partial charge in [-0.15, -0.1) is 11.8 Å². The van der Waals surface area contributed by atoms with Crippen LogP contribution in [0, 0.1) is 5.92 Å². The standard InChI is InChI=1S/C39H70N4O14S/c1-7-30(4)58-33-28-36(47)43(39(33)49)11-8-34(45)40-10-13-51-15-17-53-19-21-55-23-25-57-27-26-56-24-22-54-20-18-52-16-14-50-12-9-35(46)42-37(29(2)3)38(48)41-31(5)32(6)44/h29-31,33,37H,7-28H2,1-6H3,(H,40,45)(H,41,48)(H,42,46)/t30?,31-,33?,37-/m1/s1. The van der Waals surface area contributed by atoms with Crippen molar-refractivity contribution >= 4 is 47.1 Å². The second-order valence-corrected chi connectivity index (χ2v) is 15.5. The van der Waals surface area contributed by atoms with Crippen molar-refractivity contribution in [2.45, 2.75) is 89.8 Å². The molecule has 0 aromatic carbocycles. The Labute approximate surface area is 348 Å². The summed E-state index contributed by atoms with van der Waals surface area (Å²) in [6, 6.07) is -1.35. The molecule has 3 N–H and O–H groups in total. The van der Waals surface area contributed by atoms with Gasteiger partial charge in [0, 0.05) is 37.6 Å². The third-order valence-electron chi connectivity index (χ3n) is 8.62. The number of Topliss-reactive ketones (excluding diaryl/α,β-unsaturated/α-hetero) is 1. The van der Waals surface area contributed by atoms with Crippen LogP contribution < -0.4 is 16.0 Å². The van der Waals surface area contributed by atoms with E-state index in [1.807, 2.05) is 27.7 Å². The van der Waals surface area contributed by atoms with Crippen LogP contribution in [0.1, 0.15) is 67.2 Å². The Morgan fingerprint density at radius 2 is 1.10 bits per heavy atom. The van der Waals surface area contributed by atoms with E-state index in [0.717, 1.165) is 6.42 Å². The summed E-state index contributed by atoms with van der Waals surface area (Å²) in [4.78, 5) is 74.1. The highest BCUT2D eigenvalue weighted by molar-refractivity contribution is 8.01. The van der Waals surface area contributed by atoms with Gasteiger partial charge in [0.05, 0.1) is 117 Å². The van der Waals surface area contributed by atoms with Gasteiger partial charge in [0.2, 0.25) is 29.5 Å². The minimum atomic E-state index is -0.737. The second-order valence-electron chi connectivity index (χ2n) is 13.8. The minimum Gasteiger partial charge on any atom is -0.379 e. The van der Waals surface area contributed by atoms with Gasteiger partial charge in [0.25, 0.3) is 0 Å². The van der Waals surface area contributed by atoms with Crippen LogP contribution in [-0.2, 0) is 66.7 Å². The van der Waals surface area contributed by atoms with Gasteiger partial charge in [-0.25, -0.2) is 0 Å². The van der Waals surface area contributed by atoms with Crippen molar-refractivity contribution in [2.24, 2.45) is 5.92 Å². The molecule has 0 spiro atoms. The Hall–Kier alpha value is -2.75. The first-order chi connectivity index (χ1) is 27.9. The van der Waals surface area contributed by atoms with Gasteiger partial charge in [0.1, 0.15) is 6.04 Å². The molecule has 19 heteroatoms. The predicted molar refractivity (Wildman–Crippen MR) is 216 cm³/mol. The molecule has 5 amide bonds. The molecule has 1 aliphatic heterocycles. The number of nitrogens with one attached hydrogen (secondary N) is 3. The summed E-state index contributed by atoms with van der Waals surface area (Å²) in [5, 5.41) is 8.02. The van der Waals surface area contributed by atoms with E-state index in [2.05, 4.69) is 16.0 Å². The number of likely N-dealkylation sites (tertiary alicyclic amines) is 1. The summed E-state index contributed by atoms with van der Waals surface area (Å²) in [7, 11) is 0. The van der Waals surface area contributed by atoms with E-state index in [1.165, 1.54) is 23.6 Å². The van der Waals surface area contributed by atoms with Crippen molar-refractivity contribution in [2.75, 3.05) is 119 Å². The van der Waals surface area contributed by atoms with Gasteiger partial charge in [-0.3, -0.25) is 33.7 Å². The highest BCUT2D eigenvalue weighted by atomic mass is 32.2. The van der Waals surface area contributed by atoms with Crippen LogP contribution in [0.5, 0.6) is 0 Å². The molecular weight excluding hydrogens is 781 g/mol. The first kappa shape index (κ1) is 53.3. The van der Waals surface area contributed by atoms with E-state index < -0.39 is 18.0 Å². The lowest BCUT2D eigenvalue weighted by Crippen LogP contribution is -2.52. The molecule has 1 rings (SSSR count). The molecule has 1 aliphatic rings. The van der Waals surface area contributed by atoms with Gasteiger partial charge in [-0.05, 0) is 26.2 Å². The molecule has 1 heterocycles. The summed E-state index contributed by atoms with van der Waals surface area (Å²) in [5.41, 5.74) is 0. The Morgan fingerprint density at radius 3 is 1.53 bits per heavy atom. The zero-order valence-electron chi connectivity index (χ0n) is 35.5. The number of thioether (sulfide) groups is 1. The SMILES string of the molecule is CCC(C)SC1CC(=O)N(CCC(=O)NCCOCCOCCOCCOCCOCCOCCOCCOCCC(=O)N[C@@H](C(=O)N[C@H](C)C(C)=O)C(C)C)C1=O. The molecule has 4 atom stereocenters. The number of ether oxygens (including phenoxy) is 8. The topological polar surface area (TPSA) is 216 Å². The minimum absolute atomic E-state index is 0.0686. The third kappa shape index (κ3) is 26.4. The maximum absolute atomic E-state index is 12.5. The summed E-state index contributed by atoms with van der Waals surface area (Å²) in [5.74, 6) is -1.65. The van der Waals surface area contributed by atoms with Crippen LogP contribution >= 0.6 is 11.8 Å². The summed E-state index contributed by atoms with van der Waals surface area (Å²) >= 11 is 1.52. The highest BCUT2D eigenvalue weighted by Gasteiger charge is 2.39. The fourth-order valence-electron chi connectivity index (χ4n) is 4.93. The molecule has 0 radical (unpaired) electrons. The Kier molecular flexibility index (Phi) is 31.2. The van der Waals surface area contributed by atoms with E-state index in [0.29, 0.717) is 111 Å². The summed E-state index contributed by atoms with van der Waals surface area (Å²) in [6.07, 6.45) is 1.29. The number of ketones is 1. The van der Waals surface area contributed by atoms with Crippen LogP contribution in [0.4, 0.5) is 0 Å². The molecule has 18 nitrogen and oxygen atoms in total. The van der Waals surface area contributed by atoms with Crippen molar-refractivity contribution in [3.63, 3.8) is 0 Å². The maximum Gasteiger partial charge on any atom is 0.243 e. The number of hydrogen-bond donors (Lipinski definition) is 3. The number of hydrogen-bond acceptors (Lipinski definition) is 15. The molecular formula is C39H70N4O14S. The van der Waals surface area contributed by atoms with E-state index in [-0.39, 0.29) is 73.0 Å². The molecule has 1 saturated heterocycles. The average molecular weight is 851 g/mol. The maximum atomic E-state index is 12.5.